The molecule has 0 saturated heterocycles. The minimum atomic E-state index is -0.601. The maximum Gasteiger partial charge on any atom is 0.339 e. The Labute approximate surface area is 155 Å². The summed E-state index contributed by atoms with van der Waals surface area (Å²) in [5.41, 5.74) is 7.68. The smallest absolute Gasteiger partial charge is 0.339 e. The molecule has 0 radical (unpaired) electrons. The second kappa shape index (κ2) is 7.65. The van der Waals surface area contributed by atoms with Crippen LogP contribution in [-0.2, 0) is 9.53 Å². The summed E-state index contributed by atoms with van der Waals surface area (Å²) in [5, 5.41) is 3.25. The molecule has 7 heteroatoms. The fourth-order valence-electron chi connectivity index (χ4n) is 2.60. The van der Waals surface area contributed by atoms with Gasteiger partial charge in [-0.25, -0.2) is 4.79 Å². The molecule has 2 aromatic carbocycles. The van der Waals surface area contributed by atoms with E-state index < -0.39 is 24.4 Å². The number of anilines is 1. The lowest BCUT2D eigenvalue weighted by Gasteiger charge is -2.09. The quantitative estimate of drug-likeness (QED) is 0.676. The largest absolute Gasteiger partial charge is 0.452 e. The Hall–Kier alpha value is -3.74. The lowest BCUT2D eigenvalue weighted by molar-refractivity contribution is -0.119. The molecule has 0 atom stereocenters. The molecule has 0 spiro atoms. The number of amides is 2. The van der Waals surface area contributed by atoms with Crippen molar-refractivity contribution >= 4 is 34.4 Å². The van der Waals surface area contributed by atoms with E-state index >= 15 is 0 Å². The Morgan fingerprint density at radius 1 is 1.07 bits per heavy atom. The summed E-state index contributed by atoms with van der Waals surface area (Å²) < 4.78 is 5.13. The van der Waals surface area contributed by atoms with Crippen molar-refractivity contribution in [3.63, 3.8) is 0 Å². The van der Waals surface area contributed by atoms with E-state index in [1.165, 1.54) is 12.1 Å². The molecule has 3 N–H and O–H groups in total. The zero-order chi connectivity index (χ0) is 19.4. The molecular weight excluding hydrogens is 346 g/mol. The van der Waals surface area contributed by atoms with Gasteiger partial charge in [-0.15, -0.1) is 0 Å². The van der Waals surface area contributed by atoms with Crippen LogP contribution < -0.4 is 11.1 Å². The fourth-order valence-corrected chi connectivity index (χ4v) is 2.60. The van der Waals surface area contributed by atoms with Crippen LogP contribution in [0.15, 0.2) is 54.6 Å². The number of esters is 1. The van der Waals surface area contributed by atoms with Crippen molar-refractivity contribution < 1.29 is 19.1 Å². The van der Waals surface area contributed by atoms with Crippen LogP contribution in [0.4, 0.5) is 5.69 Å². The van der Waals surface area contributed by atoms with E-state index in [0.29, 0.717) is 33.4 Å². The van der Waals surface area contributed by atoms with Crippen LogP contribution in [0.3, 0.4) is 0 Å². The summed E-state index contributed by atoms with van der Waals surface area (Å²) in [6.07, 6.45) is 0. The third kappa shape index (κ3) is 4.27. The number of nitrogens with one attached hydrogen (secondary N) is 1. The first-order valence-corrected chi connectivity index (χ1v) is 8.17. The Morgan fingerprint density at radius 2 is 1.78 bits per heavy atom. The number of carbonyl (C=O) groups excluding carboxylic acids is 3. The van der Waals surface area contributed by atoms with Crippen LogP contribution in [0.5, 0.6) is 0 Å². The minimum Gasteiger partial charge on any atom is -0.452 e. The highest BCUT2D eigenvalue weighted by Crippen LogP contribution is 2.19. The summed E-state index contributed by atoms with van der Waals surface area (Å²) in [6, 6.07) is 14.9. The molecule has 0 fully saturated rings. The highest BCUT2D eigenvalue weighted by Gasteiger charge is 2.15. The lowest BCUT2D eigenvalue weighted by atomic mass is 10.1. The second-order valence-electron chi connectivity index (χ2n) is 5.89. The van der Waals surface area contributed by atoms with E-state index in [4.69, 9.17) is 10.5 Å². The van der Waals surface area contributed by atoms with Gasteiger partial charge in [-0.2, -0.15) is 0 Å². The third-order valence-corrected chi connectivity index (χ3v) is 3.85. The Bertz CT molecular complexity index is 1030. The van der Waals surface area contributed by atoms with Crippen molar-refractivity contribution in [3.05, 3.63) is 71.4 Å². The van der Waals surface area contributed by atoms with Gasteiger partial charge in [0, 0.05) is 22.3 Å². The zero-order valence-electron chi connectivity index (χ0n) is 14.6. The van der Waals surface area contributed by atoms with Crippen molar-refractivity contribution in [1.82, 2.24) is 4.98 Å². The minimum absolute atomic E-state index is 0.333. The van der Waals surface area contributed by atoms with Gasteiger partial charge in [0.15, 0.2) is 6.61 Å². The van der Waals surface area contributed by atoms with Crippen molar-refractivity contribution in [2.75, 3.05) is 11.9 Å². The zero-order valence-corrected chi connectivity index (χ0v) is 14.6. The summed E-state index contributed by atoms with van der Waals surface area (Å²) >= 11 is 0. The molecule has 0 aliphatic heterocycles. The predicted molar refractivity (Wildman–Crippen MR) is 100 cm³/mol. The van der Waals surface area contributed by atoms with E-state index in [-0.39, 0.29) is 0 Å². The van der Waals surface area contributed by atoms with Crippen LogP contribution in [0, 0.1) is 6.92 Å². The number of nitrogens with two attached hydrogens (primary N) is 1. The number of fused-ring (bicyclic) bond motifs is 1. The van der Waals surface area contributed by atoms with Crippen LogP contribution in [0.25, 0.3) is 10.9 Å². The predicted octanol–water partition coefficient (Wildman–Crippen LogP) is 2.44. The summed E-state index contributed by atoms with van der Waals surface area (Å²) in [7, 11) is 0. The first-order valence-electron chi connectivity index (χ1n) is 8.17. The Balaban J connectivity index is 1.65. The average molecular weight is 363 g/mol. The van der Waals surface area contributed by atoms with Crippen molar-refractivity contribution in [3.8, 4) is 0 Å². The monoisotopic (exact) mass is 363 g/mol. The second-order valence-corrected chi connectivity index (χ2v) is 5.89. The molecule has 0 aliphatic carbocycles. The van der Waals surface area contributed by atoms with E-state index in [9.17, 15) is 14.4 Å². The number of aryl methyl sites for hydroxylation is 1. The molecule has 0 bridgehead atoms. The molecule has 1 aromatic heterocycles. The fraction of sp³-hybridized carbons (Fsp3) is 0.100. The number of pyridine rings is 1. The number of nitrogens with zero attached hydrogens (tertiary/aromatic N) is 1. The number of benzene rings is 2. The topological polar surface area (TPSA) is 111 Å². The van der Waals surface area contributed by atoms with Gasteiger partial charge in [0.1, 0.15) is 0 Å². The van der Waals surface area contributed by atoms with E-state index in [2.05, 4.69) is 10.3 Å². The van der Waals surface area contributed by atoms with Crippen molar-refractivity contribution in [2.24, 2.45) is 5.73 Å². The number of para-hydroxylation sites is 1. The summed E-state index contributed by atoms with van der Waals surface area (Å²) in [4.78, 5) is 39.8. The number of ether oxygens (including phenoxy) is 1. The summed E-state index contributed by atoms with van der Waals surface area (Å²) in [6.45, 7) is 1.35. The molecule has 27 heavy (non-hydrogen) atoms. The number of primary amides is 1. The van der Waals surface area contributed by atoms with E-state index in [1.54, 1.807) is 37.3 Å². The van der Waals surface area contributed by atoms with Crippen molar-refractivity contribution in [2.45, 2.75) is 6.92 Å². The third-order valence-electron chi connectivity index (χ3n) is 3.85. The molecule has 3 aromatic rings. The van der Waals surface area contributed by atoms with Crippen LogP contribution in [0.2, 0.25) is 0 Å². The van der Waals surface area contributed by atoms with Gasteiger partial charge in [-0.1, -0.05) is 18.2 Å². The highest BCUT2D eigenvalue weighted by molar-refractivity contribution is 6.04. The molecule has 2 amide bonds. The first-order chi connectivity index (χ1) is 12.9. The van der Waals surface area contributed by atoms with Gasteiger partial charge < -0.3 is 15.8 Å². The summed E-state index contributed by atoms with van der Waals surface area (Å²) in [5.74, 6) is -1.65. The van der Waals surface area contributed by atoms with Gasteiger partial charge >= 0.3 is 5.97 Å². The molecule has 0 unspecified atom stereocenters. The van der Waals surface area contributed by atoms with E-state index in [0.717, 1.165) is 0 Å². The van der Waals surface area contributed by atoms with Gasteiger partial charge in [0.05, 0.1) is 11.1 Å². The standard InChI is InChI=1S/C20H17N3O4/c1-12-10-16(15-4-2-3-5-17(15)22-12)20(26)27-11-18(24)23-14-8-6-13(7-9-14)19(21)25/h2-10H,11H2,1H3,(H2,21,25)(H,23,24). The molecule has 0 aliphatic rings. The number of hydrogen-bond donors (Lipinski definition) is 2. The molecule has 1 heterocycles. The van der Waals surface area contributed by atoms with Gasteiger partial charge in [0.25, 0.3) is 5.91 Å². The number of carbonyl (C=O) groups is 3. The van der Waals surface area contributed by atoms with Gasteiger partial charge in [-0.05, 0) is 43.3 Å². The molecule has 0 saturated carbocycles. The van der Waals surface area contributed by atoms with Crippen LogP contribution in [-0.4, -0.2) is 29.4 Å². The maximum atomic E-state index is 12.4. The van der Waals surface area contributed by atoms with Crippen LogP contribution in [0.1, 0.15) is 26.4 Å². The average Bonchev–Trinajstić information content (AvgIpc) is 2.65. The molecule has 136 valence electrons. The van der Waals surface area contributed by atoms with E-state index in [1.807, 2.05) is 12.1 Å². The Kier molecular flexibility index (Phi) is 5.12. The number of aromatic nitrogens is 1. The molecule has 7 nitrogen and oxygen atoms in total. The molecular formula is C20H17N3O4. The first kappa shape index (κ1) is 18.1. The molecule has 3 rings (SSSR count). The van der Waals surface area contributed by atoms with Gasteiger partial charge in [0.2, 0.25) is 5.91 Å². The van der Waals surface area contributed by atoms with Crippen LogP contribution >= 0.6 is 0 Å². The maximum absolute atomic E-state index is 12.4. The number of hydrogen-bond acceptors (Lipinski definition) is 5. The van der Waals surface area contributed by atoms with Crippen molar-refractivity contribution in [1.29, 1.82) is 0 Å². The lowest BCUT2D eigenvalue weighted by Crippen LogP contribution is -2.21. The normalized spacial score (nSPS) is 10.4. The highest BCUT2D eigenvalue weighted by atomic mass is 16.5. The van der Waals surface area contributed by atoms with Gasteiger partial charge in [-0.3, -0.25) is 14.6 Å². The Morgan fingerprint density at radius 3 is 2.48 bits per heavy atom. The number of rotatable bonds is 5. The SMILES string of the molecule is Cc1cc(C(=O)OCC(=O)Nc2ccc(C(N)=O)cc2)c2ccccc2n1.